The molecule has 0 radical (unpaired) electrons. The van der Waals surface area contributed by atoms with Gasteiger partial charge in [0.2, 0.25) is 0 Å². The minimum atomic E-state index is 0.426. The van der Waals surface area contributed by atoms with Crippen molar-refractivity contribution in [1.29, 1.82) is 0 Å². The van der Waals surface area contributed by atoms with E-state index in [0.29, 0.717) is 5.92 Å². The Hall–Kier alpha value is -1.12. The zero-order valence-electron chi connectivity index (χ0n) is 4.91. The summed E-state index contributed by atoms with van der Waals surface area (Å²) in [4.78, 5) is 8.14. The van der Waals surface area contributed by atoms with E-state index in [1.54, 1.807) is 6.34 Å². The average Bonchev–Trinajstić information content (AvgIpc) is 2.33. The monoisotopic (exact) mass is 121 g/mol. The van der Waals surface area contributed by atoms with E-state index in [0.717, 1.165) is 12.4 Å². The molecule has 0 bridgehead atoms. The van der Waals surface area contributed by atoms with Gasteiger partial charge >= 0.3 is 0 Å². The summed E-state index contributed by atoms with van der Waals surface area (Å²) < 4.78 is 0. The maximum Gasteiger partial charge on any atom is 0.115 e. The second-order valence-corrected chi connectivity index (χ2v) is 2.10. The Kier molecular flexibility index (Phi) is 0.886. The van der Waals surface area contributed by atoms with Gasteiger partial charge in [-0.1, -0.05) is 6.08 Å². The van der Waals surface area contributed by atoms with Gasteiger partial charge in [-0.15, -0.1) is 0 Å². The molecule has 1 unspecified atom stereocenters. The van der Waals surface area contributed by atoms with Crippen molar-refractivity contribution in [3.05, 3.63) is 12.3 Å². The molecular weight excluding hydrogens is 114 g/mol. The van der Waals surface area contributed by atoms with Crippen LogP contribution in [0.1, 0.15) is 0 Å². The van der Waals surface area contributed by atoms with E-state index in [9.17, 15) is 0 Å². The van der Waals surface area contributed by atoms with Crippen LogP contribution in [0.3, 0.4) is 0 Å². The van der Waals surface area contributed by atoms with Crippen LogP contribution in [-0.4, -0.2) is 18.7 Å². The molecule has 2 heterocycles. The Balaban J connectivity index is 2.27. The molecule has 1 N–H and O–H groups in total. The molecule has 0 saturated heterocycles. The molecule has 0 fully saturated rings. The first-order chi connectivity index (χ1) is 4.47. The SMILES string of the molecule is C1=CC2CN=CNC2=N1. The summed E-state index contributed by atoms with van der Waals surface area (Å²) in [6.45, 7) is 0.850. The lowest BCUT2D eigenvalue weighted by Gasteiger charge is -2.12. The van der Waals surface area contributed by atoms with E-state index in [4.69, 9.17) is 0 Å². The Bertz CT molecular complexity index is 202. The molecule has 9 heavy (non-hydrogen) atoms. The lowest BCUT2D eigenvalue weighted by Crippen LogP contribution is -2.32. The number of fused-ring (bicyclic) bond motifs is 1. The van der Waals surface area contributed by atoms with Crippen LogP contribution in [0.2, 0.25) is 0 Å². The van der Waals surface area contributed by atoms with Gasteiger partial charge in [0.25, 0.3) is 0 Å². The summed E-state index contributed by atoms with van der Waals surface area (Å²) in [6.07, 6.45) is 5.57. The second kappa shape index (κ2) is 1.69. The van der Waals surface area contributed by atoms with Gasteiger partial charge in [-0.05, 0) is 0 Å². The van der Waals surface area contributed by atoms with Crippen molar-refractivity contribution in [2.24, 2.45) is 15.9 Å². The summed E-state index contributed by atoms with van der Waals surface area (Å²) in [5.74, 6) is 1.46. The smallest absolute Gasteiger partial charge is 0.115 e. The Morgan fingerprint density at radius 2 is 2.67 bits per heavy atom. The number of amidine groups is 1. The fourth-order valence-corrected chi connectivity index (χ4v) is 0.984. The van der Waals surface area contributed by atoms with Crippen molar-refractivity contribution in [2.45, 2.75) is 0 Å². The summed E-state index contributed by atoms with van der Waals surface area (Å²) in [6, 6.07) is 0. The molecule has 2 aliphatic rings. The molecule has 3 heteroatoms. The minimum Gasteiger partial charge on any atom is -0.334 e. The van der Waals surface area contributed by atoms with Gasteiger partial charge in [0.1, 0.15) is 5.84 Å². The highest BCUT2D eigenvalue weighted by Gasteiger charge is 2.17. The van der Waals surface area contributed by atoms with Crippen molar-refractivity contribution in [3.8, 4) is 0 Å². The molecule has 0 spiro atoms. The van der Waals surface area contributed by atoms with Crippen molar-refractivity contribution in [2.75, 3.05) is 6.54 Å². The first-order valence-corrected chi connectivity index (χ1v) is 2.96. The molecular formula is C6H7N3. The standard InChI is InChI=1S/C6H7N3/c1-2-8-6-5(1)3-7-4-9-6/h1-2,4-5H,3H2,(H,7,8,9). The molecule has 3 nitrogen and oxygen atoms in total. The van der Waals surface area contributed by atoms with Crippen LogP contribution in [0.15, 0.2) is 22.3 Å². The zero-order valence-corrected chi connectivity index (χ0v) is 4.91. The third-order valence-electron chi connectivity index (χ3n) is 1.49. The molecule has 1 atom stereocenters. The van der Waals surface area contributed by atoms with E-state index in [1.165, 1.54) is 0 Å². The maximum atomic E-state index is 4.09. The van der Waals surface area contributed by atoms with E-state index < -0.39 is 0 Å². The van der Waals surface area contributed by atoms with Crippen LogP contribution in [0, 0.1) is 5.92 Å². The van der Waals surface area contributed by atoms with Crippen molar-refractivity contribution >= 4 is 12.2 Å². The lowest BCUT2D eigenvalue weighted by atomic mass is 10.1. The van der Waals surface area contributed by atoms with E-state index in [2.05, 4.69) is 21.4 Å². The molecule has 46 valence electrons. The first-order valence-electron chi connectivity index (χ1n) is 2.96. The number of nitrogens with zero attached hydrogens (tertiary/aromatic N) is 2. The van der Waals surface area contributed by atoms with Gasteiger partial charge in [0.15, 0.2) is 0 Å². The normalized spacial score (nSPS) is 29.3. The summed E-state index contributed by atoms with van der Waals surface area (Å²) in [5.41, 5.74) is 0. The van der Waals surface area contributed by atoms with Gasteiger partial charge in [0.05, 0.1) is 18.8 Å². The highest BCUT2D eigenvalue weighted by Crippen LogP contribution is 2.10. The lowest BCUT2D eigenvalue weighted by molar-refractivity contribution is 0.836. The maximum absolute atomic E-state index is 4.09. The van der Waals surface area contributed by atoms with Crippen molar-refractivity contribution in [3.63, 3.8) is 0 Å². The highest BCUT2D eigenvalue weighted by atomic mass is 15.1. The molecule has 0 aliphatic carbocycles. The van der Waals surface area contributed by atoms with E-state index in [-0.39, 0.29) is 0 Å². The number of hydrogen-bond acceptors (Lipinski definition) is 3. The average molecular weight is 121 g/mol. The Morgan fingerprint density at radius 3 is 3.56 bits per heavy atom. The van der Waals surface area contributed by atoms with Gasteiger partial charge < -0.3 is 5.32 Å². The first kappa shape index (κ1) is 4.73. The largest absolute Gasteiger partial charge is 0.334 e. The number of rotatable bonds is 0. The van der Waals surface area contributed by atoms with Crippen LogP contribution in [-0.2, 0) is 0 Å². The Labute approximate surface area is 53.2 Å². The number of nitrogens with one attached hydrogen (secondary N) is 1. The van der Waals surface area contributed by atoms with Gasteiger partial charge in [-0.2, -0.15) is 0 Å². The topological polar surface area (TPSA) is 36.8 Å². The van der Waals surface area contributed by atoms with Crippen LogP contribution in [0.4, 0.5) is 0 Å². The minimum absolute atomic E-state index is 0.426. The zero-order chi connectivity index (χ0) is 6.10. The van der Waals surface area contributed by atoms with E-state index >= 15 is 0 Å². The molecule has 0 aromatic carbocycles. The molecule has 0 saturated carbocycles. The van der Waals surface area contributed by atoms with Crippen molar-refractivity contribution < 1.29 is 0 Å². The predicted molar refractivity (Wildman–Crippen MR) is 36.6 cm³/mol. The van der Waals surface area contributed by atoms with Crippen LogP contribution < -0.4 is 5.32 Å². The number of aliphatic imine (C=N–C) groups is 2. The third-order valence-corrected chi connectivity index (χ3v) is 1.49. The third kappa shape index (κ3) is 0.650. The van der Waals surface area contributed by atoms with E-state index in [1.807, 2.05) is 6.20 Å². The molecule has 2 aliphatic heterocycles. The highest BCUT2D eigenvalue weighted by molar-refractivity contribution is 5.97. The molecule has 0 amide bonds. The fraction of sp³-hybridized carbons (Fsp3) is 0.333. The van der Waals surface area contributed by atoms with Gasteiger partial charge in [-0.25, -0.2) is 4.99 Å². The Morgan fingerprint density at radius 1 is 1.67 bits per heavy atom. The quantitative estimate of drug-likeness (QED) is 0.487. The molecule has 2 rings (SSSR count). The van der Waals surface area contributed by atoms with Crippen LogP contribution in [0.25, 0.3) is 0 Å². The summed E-state index contributed by atoms with van der Waals surface area (Å²) >= 11 is 0. The molecule has 0 aromatic heterocycles. The summed E-state index contributed by atoms with van der Waals surface area (Å²) in [5, 5.41) is 2.98. The fourth-order valence-electron chi connectivity index (χ4n) is 0.984. The second-order valence-electron chi connectivity index (χ2n) is 2.10. The molecule has 0 aromatic rings. The van der Waals surface area contributed by atoms with Gasteiger partial charge in [-0.3, -0.25) is 4.99 Å². The van der Waals surface area contributed by atoms with Crippen LogP contribution in [0.5, 0.6) is 0 Å². The van der Waals surface area contributed by atoms with Gasteiger partial charge in [0, 0.05) is 6.20 Å². The number of hydrogen-bond donors (Lipinski definition) is 1. The van der Waals surface area contributed by atoms with Crippen LogP contribution >= 0.6 is 0 Å². The van der Waals surface area contributed by atoms with Crippen molar-refractivity contribution in [1.82, 2.24) is 5.32 Å². The summed E-state index contributed by atoms with van der Waals surface area (Å²) in [7, 11) is 0. The predicted octanol–water partition coefficient (Wildman–Crippen LogP) is 0.160.